The van der Waals surface area contributed by atoms with Gasteiger partial charge in [0.1, 0.15) is 11.3 Å². The van der Waals surface area contributed by atoms with Crippen LogP contribution in [0.25, 0.3) is 22.3 Å². The summed E-state index contributed by atoms with van der Waals surface area (Å²) >= 11 is 0. The molecule has 0 aliphatic carbocycles. The van der Waals surface area contributed by atoms with Crippen molar-refractivity contribution in [3.05, 3.63) is 41.6 Å². The zero-order valence-electron chi connectivity index (χ0n) is 10.4. The van der Waals surface area contributed by atoms with Crippen molar-refractivity contribution >= 4 is 11.0 Å². The van der Waals surface area contributed by atoms with Crippen molar-refractivity contribution in [3.8, 4) is 11.3 Å². The zero-order valence-corrected chi connectivity index (χ0v) is 10.4. The molecular weight excluding hydrogens is 228 g/mol. The molecule has 4 nitrogen and oxygen atoms in total. The predicted molar refractivity (Wildman–Crippen MR) is 69.1 cm³/mol. The summed E-state index contributed by atoms with van der Waals surface area (Å²) in [5.74, 6) is 2.27. The summed E-state index contributed by atoms with van der Waals surface area (Å²) in [6, 6.07) is 7.89. The summed E-state index contributed by atoms with van der Waals surface area (Å²) < 4.78 is 11.2. The molecule has 0 aliphatic rings. The van der Waals surface area contributed by atoms with Crippen LogP contribution >= 0.6 is 0 Å². The molecule has 0 atom stereocenters. The van der Waals surface area contributed by atoms with Gasteiger partial charge in [0.05, 0.1) is 12.2 Å². The van der Waals surface area contributed by atoms with Gasteiger partial charge in [0.25, 0.3) is 0 Å². The Morgan fingerprint density at radius 1 is 1.17 bits per heavy atom. The van der Waals surface area contributed by atoms with Crippen LogP contribution in [0.15, 0.2) is 33.1 Å². The second kappa shape index (κ2) is 3.99. The highest BCUT2D eigenvalue weighted by Crippen LogP contribution is 2.29. The van der Waals surface area contributed by atoms with E-state index >= 15 is 0 Å². The van der Waals surface area contributed by atoms with Gasteiger partial charge < -0.3 is 14.6 Å². The number of furan rings is 1. The normalized spacial score (nSPS) is 11.3. The lowest BCUT2D eigenvalue weighted by atomic mass is 10.1. The van der Waals surface area contributed by atoms with Crippen LogP contribution in [0, 0.1) is 13.8 Å². The zero-order chi connectivity index (χ0) is 12.7. The van der Waals surface area contributed by atoms with E-state index in [1.165, 1.54) is 0 Å². The summed E-state index contributed by atoms with van der Waals surface area (Å²) in [4.78, 5) is 4.28. The molecule has 0 radical (unpaired) electrons. The van der Waals surface area contributed by atoms with E-state index < -0.39 is 0 Å². The highest BCUT2D eigenvalue weighted by atomic mass is 16.4. The Hall–Kier alpha value is -2.07. The second-order valence-electron chi connectivity index (χ2n) is 4.32. The number of oxazole rings is 1. The summed E-state index contributed by atoms with van der Waals surface area (Å²) in [5, 5.41) is 1.03. The Kier molecular flexibility index (Phi) is 2.45. The molecule has 92 valence electrons. The lowest BCUT2D eigenvalue weighted by Gasteiger charge is -1.97. The minimum Gasteiger partial charge on any atom is -0.460 e. The van der Waals surface area contributed by atoms with E-state index in [1.807, 2.05) is 38.1 Å². The van der Waals surface area contributed by atoms with E-state index in [4.69, 9.17) is 14.6 Å². The molecule has 0 bridgehead atoms. The van der Waals surface area contributed by atoms with Crippen LogP contribution in [0.2, 0.25) is 0 Å². The molecule has 18 heavy (non-hydrogen) atoms. The van der Waals surface area contributed by atoms with E-state index in [1.54, 1.807) is 0 Å². The van der Waals surface area contributed by atoms with E-state index in [2.05, 4.69) is 4.98 Å². The number of fused-ring (bicyclic) bond motifs is 1. The van der Waals surface area contributed by atoms with Crippen molar-refractivity contribution < 1.29 is 8.83 Å². The van der Waals surface area contributed by atoms with Gasteiger partial charge in [-0.1, -0.05) is 0 Å². The minimum absolute atomic E-state index is 0.407. The molecule has 4 heteroatoms. The second-order valence-corrected chi connectivity index (χ2v) is 4.32. The molecule has 0 amide bonds. The van der Waals surface area contributed by atoms with Gasteiger partial charge in [0, 0.05) is 17.9 Å². The molecule has 2 heterocycles. The first-order valence-corrected chi connectivity index (χ1v) is 5.84. The van der Waals surface area contributed by atoms with Gasteiger partial charge >= 0.3 is 0 Å². The topological polar surface area (TPSA) is 65.2 Å². The largest absolute Gasteiger partial charge is 0.460 e. The maximum Gasteiger partial charge on any atom is 0.192 e. The molecule has 3 rings (SSSR count). The van der Waals surface area contributed by atoms with Crippen molar-refractivity contribution in [1.29, 1.82) is 0 Å². The third-order valence-corrected chi connectivity index (χ3v) is 2.93. The van der Waals surface area contributed by atoms with Crippen molar-refractivity contribution in [2.24, 2.45) is 5.73 Å². The highest BCUT2D eigenvalue weighted by Gasteiger charge is 2.11. The first kappa shape index (κ1) is 11.0. The predicted octanol–water partition coefficient (Wildman–Crippen LogP) is 3.16. The monoisotopic (exact) mass is 242 g/mol. The van der Waals surface area contributed by atoms with E-state index in [0.29, 0.717) is 12.4 Å². The lowest BCUT2D eigenvalue weighted by Crippen LogP contribution is -1.92. The van der Waals surface area contributed by atoms with Crippen LogP contribution in [-0.2, 0) is 6.54 Å². The molecule has 0 aliphatic heterocycles. The van der Waals surface area contributed by atoms with Gasteiger partial charge in [0.2, 0.25) is 0 Å². The number of nitrogens with zero attached hydrogens (tertiary/aromatic N) is 1. The van der Waals surface area contributed by atoms with Gasteiger partial charge in [0.15, 0.2) is 11.7 Å². The summed E-state index contributed by atoms with van der Waals surface area (Å²) in [7, 11) is 0. The maximum atomic E-state index is 5.62. The third kappa shape index (κ3) is 1.71. The number of rotatable bonds is 2. The molecule has 0 saturated carbocycles. The number of hydrogen-bond donors (Lipinski definition) is 1. The third-order valence-electron chi connectivity index (χ3n) is 2.93. The van der Waals surface area contributed by atoms with Crippen molar-refractivity contribution in [2.45, 2.75) is 20.4 Å². The molecule has 0 fully saturated rings. The van der Waals surface area contributed by atoms with E-state index in [-0.39, 0.29) is 0 Å². The molecule has 0 unspecified atom stereocenters. The number of benzene rings is 1. The van der Waals surface area contributed by atoms with Crippen LogP contribution in [0.3, 0.4) is 0 Å². The fraction of sp³-hybridized carbons (Fsp3) is 0.214. The molecule has 2 N–H and O–H groups in total. The summed E-state index contributed by atoms with van der Waals surface area (Å²) in [6.07, 6.45) is 0. The Bertz CT molecular complexity index is 710. The summed E-state index contributed by atoms with van der Waals surface area (Å²) in [6.45, 7) is 4.20. The Morgan fingerprint density at radius 3 is 2.67 bits per heavy atom. The highest BCUT2D eigenvalue weighted by molar-refractivity contribution is 5.83. The van der Waals surface area contributed by atoms with E-state index in [0.717, 1.165) is 33.7 Å². The first-order chi connectivity index (χ1) is 8.67. The smallest absolute Gasteiger partial charge is 0.192 e. The SMILES string of the molecule is Cc1nc(C)c(-c2ccc3oc(CN)cc3c2)o1. The Morgan fingerprint density at radius 2 is 2.00 bits per heavy atom. The van der Waals surface area contributed by atoms with E-state index in [9.17, 15) is 0 Å². The van der Waals surface area contributed by atoms with Crippen LogP contribution < -0.4 is 5.73 Å². The average Bonchev–Trinajstić information content (AvgIpc) is 2.90. The fourth-order valence-corrected chi connectivity index (χ4v) is 2.14. The molecule has 0 saturated heterocycles. The van der Waals surface area contributed by atoms with Gasteiger partial charge in [-0.15, -0.1) is 0 Å². The molecule has 3 aromatic rings. The minimum atomic E-state index is 0.407. The fourth-order valence-electron chi connectivity index (χ4n) is 2.14. The van der Waals surface area contributed by atoms with Crippen LogP contribution in [-0.4, -0.2) is 4.98 Å². The standard InChI is InChI=1S/C14H14N2O2/c1-8-14(17-9(2)16-8)10-3-4-13-11(5-10)6-12(7-15)18-13/h3-6H,7,15H2,1-2H3. The lowest BCUT2D eigenvalue weighted by molar-refractivity contribution is 0.534. The van der Waals surface area contributed by atoms with Gasteiger partial charge in [-0.3, -0.25) is 0 Å². The molecule has 2 aromatic heterocycles. The van der Waals surface area contributed by atoms with Crippen LogP contribution in [0.4, 0.5) is 0 Å². The number of nitrogens with two attached hydrogens (primary N) is 1. The quantitative estimate of drug-likeness (QED) is 0.749. The summed E-state index contributed by atoms with van der Waals surface area (Å²) in [5.41, 5.74) is 8.31. The maximum absolute atomic E-state index is 5.62. The molecule has 1 aromatic carbocycles. The van der Waals surface area contributed by atoms with Gasteiger partial charge in [-0.05, 0) is 31.2 Å². The van der Waals surface area contributed by atoms with Crippen LogP contribution in [0.1, 0.15) is 17.3 Å². The molecule has 0 spiro atoms. The van der Waals surface area contributed by atoms with Crippen molar-refractivity contribution in [1.82, 2.24) is 4.98 Å². The van der Waals surface area contributed by atoms with Crippen molar-refractivity contribution in [3.63, 3.8) is 0 Å². The Balaban J connectivity index is 2.15. The number of aryl methyl sites for hydroxylation is 2. The first-order valence-electron chi connectivity index (χ1n) is 5.84. The Labute approximate surface area is 104 Å². The number of aromatic nitrogens is 1. The average molecular weight is 242 g/mol. The van der Waals surface area contributed by atoms with Crippen molar-refractivity contribution in [2.75, 3.05) is 0 Å². The van der Waals surface area contributed by atoms with Crippen LogP contribution in [0.5, 0.6) is 0 Å². The van der Waals surface area contributed by atoms with Gasteiger partial charge in [-0.2, -0.15) is 0 Å². The molecular formula is C14H14N2O2. The number of hydrogen-bond acceptors (Lipinski definition) is 4. The van der Waals surface area contributed by atoms with Gasteiger partial charge in [-0.25, -0.2) is 4.98 Å².